The van der Waals surface area contributed by atoms with E-state index < -0.39 is 11.9 Å². The number of fused-ring (bicyclic) bond motifs is 3. The van der Waals surface area contributed by atoms with Crippen molar-refractivity contribution in [3.8, 4) is 0 Å². The van der Waals surface area contributed by atoms with Gasteiger partial charge in [-0.15, -0.1) is 5.10 Å². The lowest BCUT2D eigenvalue weighted by Gasteiger charge is -2.71. The van der Waals surface area contributed by atoms with Crippen molar-refractivity contribution in [1.29, 1.82) is 0 Å². The Morgan fingerprint density at radius 3 is 2.46 bits per heavy atom. The minimum atomic E-state index is -0.639. The van der Waals surface area contributed by atoms with Gasteiger partial charge in [-0.05, 0) is 96.5 Å². The van der Waals surface area contributed by atoms with Crippen molar-refractivity contribution < 1.29 is 24.5 Å². The maximum atomic E-state index is 13.5. The lowest BCUT2D eigenvalue weighted by atomic mass is 9.34. The van der Waals surface area contributed by atoms with Crippen LogP contribution in [0.2, 0.25) is 0 Å². The van der Waals surface area contributed by atoms with Crippen molar-refractivity contribution >= 4 is 11.9 Å². The number of nitrogens with two attached hydrogens (primary N) is 1. The minimum Gasteiger partial charge on any atom is -0.481 e. The van der Waals surface area contributed by atoms with Gasteiger partial charge in [-0.25, -0.2) is 0 Å². The molecule has 11 nitrogen and oxygen atoms in total. The van der Waals surface area contributed by atoms with Gasteiger partial charge in [0.25, 0.3) is 5.95 Å². The molecule has 12 atom stereocenters. The molecule has 0 amide bonds. The number of anilines is 1. The van der Waals surface area contributed by atoms with Crippen LogP contribution >= 0.6 is 0 Å². The lowest BCUT2D eigenvalue weighted by Crippen LogP contribution is -2.69. The molecule has 0 unspecified atom stereocenters. The number of ether oxygens (including phenoxy) is 2. The summed E-state index contributed by atoms with van der Waals surface area (Å²) >= 11 is 0. The molecular formula is C39H66N6O5. The summed E-state index contributed by atoms with van der Waals surface area (Å²) in [6, 6.07) is -0.215. The number of rotatable bonds is 11. The zero-order valence-corrected chi connectivity index (χ0v) is 32.5. The number of carbonyl (C=O) groups is 1. The van der Waals surface area contributed by atoms with E-state index in [1.54, 1.807) is 4.80 Å². The van der Waals surface area contributed by atoms with E-state index in [9.17, 15) is 15.0 Å². The Labute approximate surface area is 299 Å². The number of β-amino-alcohol motifs (C(OH)–C–C–N with tert-alkyl or cyclic N) is 1. The van der Waals surface area contributed by atoms with Crippen LogP contribution in [0.4, 0.5) is 5.95 Å². The highest BCUT2D eigenvalue weighted by molar-refractivity contribution is 5.73. The number of nitrogens with one attached hydrogen (secondary N) is 1. The molecule has 1 aromatic rings. The smallest absolute Gasteiger partial charge is 0.307 e. The lowest BCUT2D eigenvalue weighted by molar-refractivity contribution is -0.254. The second kappa shape index (κ2) is 12.8. The summed E-state index contributed by atoms with van der Waals surface area (Å²) < 4.78 is 13.8. The number of allylic oxidation sites excluding steroid dienone is 1. The molecule has 0 spiro atoms. The van der Waals surface area contributed by atoms with Crippen molar-refractivity contribution in [2.45, 2.75) is 125 Å². The van der Waals surface area contributed by atoms with Crippen LogP contribution < -0.4 is 11.1 Å². The van der Waals surface area contributed by atoms with E-state index in [0.717, 1.165) is 38.5 Å². The third-order valence-electron chi connectivity index (χ3n) is 16.3. The van der Waals surface area contributed by atoms with Gasteiger partial charge in [0.15, 0.2) is 0 Å². The zero-order valence-electron chi connectivity index (χ0n) is 32.5. The number of tetrazole rings is 1. The molecule has 1 aromatic heterocycles. The number of aliphatic carboxylic acids is 1. The van der Waals surface area contributed by atoms with E-state index in [-0.39, 0.29) is 69.2 Å². The maximum Gasteiger partial charge on any atom is 0.307 e. The number of carboxylic acids is 1. The molecule has 2 heterocycles. The van der Waals surface area contributed by atoms with Crippen LogP contribution in [-0.4, -0.2) is 81.0 Å². The first-order valence-electron chi connectivity index (χ1n) is 19.4. The third kappa shape index (κ3) is 5.32. The molecule has 1 saturated heterocycles. The molecular weight excluding hydrogens is 632 g/mol. The quantitative estimate of drug-likeness (QED) is 0.209. The van der Waals surface area contributed by atoms with Gasteiger partial charge in [-0.3, -0.25) is 4.79 Å². The molecule has 0 radical (unpaired) electrons. The summed E-state index contributed by atoms with van der Waals surface area (Å²) in [7, 11) is 0. The van der Waals surface area contributed by atoms with Gasteiger partial charge in [0.05, 0.1) is 38.4 Å². The SMILES string of the molecule is CC(C)[C@@H](C)[C@@]1(C)CC[C@]2(C)[C@H]3CC[C@@H]4[C@@]5(COC[C@]4(C)[C@@H](OC[C@](C)(NCCO)C(C)C)[C@H](n4nnc(N)n4)C5)C3=CC[C@@]2(C)[C@@H]1C(=O)O. The number of nitrogen functional groups attached to an aromatic ring is 1. The highest BCUT2D eigenvalue weighted by Crippen LogP contribution is 2.75. The topological polar surface area (TPSA) is 158 Å². The summed E-state index contributed by atoms with van der Waals surface area (Å²) in [5, 5.41) is 37.4. The van der Waals surface area contributed by atoms with E-state index in [1.807, 2.05) is 0 Å². The molecule has 1 aliphatic heterocycles. The second-order valence-corrected chi connectivity index (χ2v) is 19.0. The molecule has 282 valence electrons. The average molecular weight is 699 g/mol. The minimum absolute atomic E-state index is 0.0596. The summed E-state index contributed by atoms with van der Waals surface area (Å²) in [4.78, 5) is 15.2. The number of carboxylic acid groups (broad SMARTS) is 1. The van der Waals surface area contributed by atoms with Gasteiger partial charge in [0.2, 0.25) is 0 Å². The first-order valence-corrected chi connectivity index (χ1v) is 19.4. The molecule has 3 saturated carbocycles. The van der Waals surface area contributed by atoms with Crippen LogP contribution in [0.15, 0.2) is 11.6 Å². The van der Waals surface area contributed by atoms with E-state index in [0.29, 0.717) is 44.1 Å². The van der Waals surface area contributed by atoms with Crippen molar-refractivity contribution in [3.63, 3.8) is 0 Å². The Hall–Kier alpha value is -2.08. The predicted molar refractivity (Wildman–Crippen MR) is 193 cm³/mol. The molecule has 5 aliphatic rings. The Kier molecular flexibility index (Phi) is 9.64. The Morgan fingerprint density at radius 1 is 1.14 bits per heavy atom. The highest BCUT2D eigenvalue weighted by atomic mass is 16.5. The number of hydrogen-bond donors (Lipinski definition) is 4. The normalized spacial score (nSPS) is 43.0. The molecule has 5 N–H and O–H groups in total. The Morgan fingerprint density at radius 2 is 1.86 bits per heavy atom. The van der Waals surface area contributed by atoms with Crippen LogP contribution in [0.5, 0.6) is 0 Å². The van der Waals surface area contributed by atoms with Gasteiger partial charge < -0.3 is 30.7 Å². The standard InChI is InChI=1S/C39H66N6O5/c1-23(2)25(5)34(6)15-16-36(8)26-11-12-29-35(7)20-49-22-39(29,27(26)13-14-37(36,9)30(34)32(47)48)19-28(45-43-33(40)42-44-45)31(35)50-21-38(10,24(3)4)41-17-18-46/h13,23-26,28-31,41,46H,11-12,14-22H2,1-10H3,(H2,40,43)(H,47,48)/t25-,26+,28-,29+,30-,31+,34-,35+,36-,37+,38+,39+/m1/s1. The van der Waals surface area contributed by atoms with Crippen LogP contribution in [0, 0.1) is 62.6 Å². The van der Waals surface area contributed by atoms with E-state index >= 15 is 0 Å². The first-order chi connectivity index (χ1) is 23.3. The maximum absolute atomic E-state index is 13.5. The van der Waals surface area contributed by atoms with Crippen molar-refractivity contribution in [2.24, 2.45) is 62.6 Å². The summed E-state index contributed by atoms with van der Waals surface area (Å²) in [6.45, 7) is 24.8. The Balaban J connectivity index is 1.42. The summed E-state index contributed by atoms with van der Waals surface area (Å²) in [6.07, 6.45) is 7.73. The van der Waals surface area contributed by atoms with Gasteiger partial charge in [0.1, 0.15) is 6.04 Å². The number of aromatic nitrogens is 4. The number of hydrogen-bond acceptors (Lipinski definition) is 9. The van der Waals surface area contributed by atoms with Gasteiger partial charge in [-0.2, -0.15) is 4.80 Å². The van der Waals surface area contributed by atoms with Crippen LogP contribution in [-0.2, 0) is 14.3 Å². The van der Waals surface area contributed by atoms with E-state index in [2.05, 4.69) is 96.0 Å². The molecule has 4 fully saturated rings. The second-order valence-electron chi connectivity index (χ2n) is 19.0. The fourth-order valence-electron chi connectivity index (χ4n) is 12.5. The van der Waals surface area contributed by atoms with Crippen LogP contribution in [0.3, 0.4) is 0 Å². The number of aliphatic hydroxyl groups excluding tert-OH is 1. The fraction of sp³-hybridized carbons (Fsp3) is 0.897. The third-order valence-corrected chi connectivity index (χ3v) is 16.3. The molecule has 0 aromatic carbocycles. The number of nitrogens with zero attached hydrogens (tertiary/aromatic N) is 4. The van der Waals surface area contributed by atoms with Crippen LogP contribution in [0.25, 0.3) is 0 Å². The summed E-state index contributed by atoms with van der Waals surface area (Å²) in [5.74, 6) is 0.639. The monoisotopic (exact) mass is 699 g/mol. The molecule has 4 aliphatic carbocycles. The molecule has 6 rings (SSSR count). The summed E-state index contributed by atoms with van der Waals surface area (Å²) in [5.41, 5.74) is 5.79. The van der Waals surface area contributed by atoms with Crippen molar-refractivity contribution in [1.82, 2.24) is 25.5 Å². The first kappa shape index (κ1) is 37.7. The van der Waals surface area contributed by atoms with Gasteiger partial charge in [0, 0.05) is 22.9 Å². The average Bonchev–Trinajstić information content (AvgIpc) is 3.48. The largest absolute Gasteiger partial charge is 0.481 e. The van der Waals surface area contributed by atoms with E-state index in [4.69, 9.17) is 15.2 Å². The highest BCUT2D eigenvalue weighted by Gasteiger charge is 2.72. The van der Waals surface area contributed by atoms with Crippen molar-refractivity contribution in [3.05, 3.63) is 11.6 Å². The zero-order chi connectivity index (χ0) is 36.7. The fourth-order valence-corrected chi connectivity index (χ4v) is 12.5. The molecule has 2 bridgehead atoms. The predicted octanol–water partition coefficient (Wildman–Crippen LogP) is 5.77. The van der Waals surface area contributed by atoms with Crippen LogP contribution in [0.1, 0.15) is 114 Å². The van der Waals surface area contributed by atoms with Gasteiger partial charge in [-0.1, -0.05) is 79.1 Å². The molecule has 11 heteroatoms. The van der Waals surface area contributed by atoms with E-state index in [1.165, 1.54) is 5.57 Å². The molecule has 50 heavy (non-hydrogen) atoms. The van der Waals surface area contributed by atoms with Gasteiger partial charge >= 0.3 is 5.97 Å². The van der Waals surface area contributed by atoms with Crippen molar-refractivity contribution in [2.75, 3.05) is 38.7 Å². The number of aliphatic hydroxyl groups is 1. The Bertz CT molecular complexity index is 1470.